The summed E-state index contributed by atoms with van der Waals surface area (Å²) in [6.45, 7) is 3.43. The molecular weight excluding hydrogens is 342 g/mol. The van der Waals surface area contributed by atoms with Crippen LogP contribution >= 0.6 is 22.7 Å². The van der Waals surface area contributed by atoms with Crippen molar-refractivity contribution in [3.8, 4) is 0 Å². The van der Waals surface area contributed by atoms with Gasteiger partial charge in [0.05, 0.1) is 36.4 Å². The molecule has 0 saturated carbocycles. The maximum absolute atomic E-state index is 12.9. The van der Waals surface area contributed by atoms with Crippen LogP contribution < -0.4 is 0 Å². The lowest BCUT2D eigenvalue weighted by atomic mass is 10.0. The van der Waals surface area contributed by atoms with E-state index in [2.05, 4.69) is 33.2 Å². The molecule has 2 aromatic heterocycles. The Kier molecular flexibility index (Phi) is 4.75. The van der Waals surface area contributed by atoms with Crippen LogP contribution in [0.1, 0.15) is 22.9 Å². The number of nitrogens with zero attached hydrogens (tertiary/aromatic N) is 3. The number of carbonyl (C=O) groups is 1. The molecular formula is C17H19N3O2S2. The van der Waals surface area contributed by atoms with Crippen molar-refractivity contribution in [3.05, 3.63) is 44.8 Å². The molecule has 2 aliphatic rings. The predicted octanol–water partition coefficient (Wildman–Crippen LogP) is 2.82. The molecule has 126 valence electrons. The standard InChI is InChI=1S/C17H19N3O2S2/c21-17(11-19-4-6-22-7-5-19)20-15(13-3-9-23-12-13)10-14(18-20)16-2-1-8-24-16/h1-3,8-9,12,15H,4-7,10-11H2/t15-/m0/s1. The summed E-state index contributed by atoms with van der Waals surface area (Å²) in [6, 6.07) is 6.21. The Bertz CT molecular complexity index is 706. The second kappa shape index (κ2) is 7.14. The molecule has 1 saturated heterocycles. The molecule has 1 atom stereocenters. The van der Waals surface area contributed by atoms with E-state index in [0.29, 0.717) is 19.8 Å². The Labute approximate surface area is 149 Å². The van der Waals surface area contributed by atoms with Gasteiger partial charge in [0.25, 0.3) is 5.91 Å². The van der Waals surface area contributed by atoms with Gasteiger partial charge in [-0.1, -0.05) is 6.07 Å². The lowest BCUT2D eigenvalue weighted by Crippen LogP contribution is -2.43. The highest BCUT2D eigenvalue weighted by Crippen LogP contribution is 2.34. The summed E-state index contributed by atoms with van der Waals surface area (Å²) >= 11 is 3.34. The third-order valence-corrected chi connectivity index (χ3v) is 5.98. The predicted molar refractivity (Wildman–Crippen MR) is 96.6 cm³/mol. The van der Waals surface area contributed by atoms with E-state index in [1.807, 2.05) is 6.07 Å². The smallest absolute Gasteiger partial charge is 0.257 e. The topological polar surface area (TPSA) is 45.1 Å². The van der Waals surface area contributed by atoms with Crippen LogP contribution in [-0.4, -0.2) is 54.4 Å². The van der Waals surface area contributed by atoms with Crippen LogP contribution in [-0.2, 0) is 9.53 Å². The van der Waals surface area contributed by atoms with Gasteiger partial charge in [0.1, 0.15) is 0 Å². The molecule has 4 rings (SSSR count). The highest BCUT2D eigenvalue weighted by Gasteiger charge is 2.34. The van der Waals surface area contributed by atoms with E-state index in [-0.39, 0.29) is 11.9 Å². The molecule has 0 aliphatic carbocycles. The maximum atomic E-state index is 12.9. The second-order valence-electron chi connectivity index (χ2n) is 5.93. The van der Waals surface area contributed by atoms with Crippen molar-refractivity contribution in [3.63, 3.8) is 0 Å². The van der Waals surface area contributed by atoms with Crippen LogP contribution in [0.2, 0.25) is 0 Å². The van der Waals surface area contributed by atoms with Gasteiger partial charge in [0, 0.05) is 19.5 Å². The fourth-order valence-electron chi connectivity index (χ4n) is 3.08. The summed E-state index contributed by atoms with van der Waals surface area (Å²) < 4.78 is 5.36. The normalized spacial score (nSPS) is 21.9. The minimum absolute atomic E-state index is 0.0156. The summed E-state index contributed by atoms with van der Waals surface area (Å²) in [5, 5.41) is 12.6. The van der Waals surface area contributed by atoms with E-state index < -0.39 is 0 Å². The molecule has 0 N–H and O–H groups in total. The molecule has 0 aromatic carbocycles. The summed E-state index contributed by atoms with van der Waals surface area (Å²) in [7, 11) is 0. The number of hydrogen-bond acceptors (Lipinski definition) is 6. The number of morpholine rings is 1. The van der Waals surface area contributed by atoms with E-state index in [1.54, 1.807) is 27.7 Å². The molecule has 2 aliphatic heterocycles. The van der Waals surface area contributed by atoms with Crippen molar-refractivity contribution in [2.24, 2.45) is 5.10 Å². The van der Waals surface area contributed by atoms with E-state index in [9.17, 15) is 4.79 Å². The van der Waals surface area contributed by atoms with E-state index in [1.165, 1.54) is 5.56 Å². The van der Waals surface area contributed by atoms with Gasteiger partial charge in [-0.25, -0.2) is 5.01 Å². The molecule has 0 unspecified atom stereocenters. The summed E-state index contributed by atoms with van der Waals surface area (Å²) in [4.78, 5) is 16.2. The minimum Gasteiger partial charge on any atom is -0.379 e. The van der Waals surface area contributed by atoms with Crippen molar-refractivity contribution in [1.82, 2.24) is 9.91 Å². The van der Waals surface area contributed by atoms with Crippen LogP contribution in [0.3, 0.4) is 0 Å². The van der Waals surface area contributed by atoms with Crippen molar-refractivity contribution < 1.29 is 9.53 Å². The van der Waals surface area contributed by atoms with E-state index in [4.69, 9.17) is 9.84 Å². The zero-order valence-electron chi connectivity index (χ0n) is 13.3. The number of rotatable bonds is 4. The molecule has 0 bridgehead atoms. The molecule has 1 fully saturated rings. The molecule has 0 spiro atoms. The number of carbonyl (C=O) groups excluding carboxylic acids is 1. The number of amides is 1. The zero-order valence-corrected chi connectivity index (χ0v) is 14.9. The number of thiophene rings is 2. The van der Waals surface area contributed by atoms with Gasteiger partial charge in [-0.15, -0.1) is 11.3 Å². The Morgan fingerprint density at radius 2 is 2.17 bits per heavy atom. The van der Waals surface area contributed by atoms with Gasteiger partial charge in [-0.3, -0.25) is 9.69 Å². The van der Waals surface area contributed by atoms with Gasteiger partial charge in [-0.05, 0) is 33.8 Å². The van der Waals surface area contributed by atoms with Gasteiger partial charge in [-0.2, -0.15) is 16.4 Å². The van der Waals surface area contributed by atoms with Gasteiger partial charge in [0.15, 0.2) is 0 Å². The van der Waals surface area contributed by atoms with E-state index >= 15 is 0 Å². The van der Waals surface area contributed by atoms with Crippen molar-refractivity contribution in [2.75, 3.05) is 32.8 Å². The first kappa shape index (κ1) is 16.0. The SMILES string of the molecule is O=C(CN1CCOCC1)N1N=C(c2cccs2)C[C@H]1c1ccsc1. The monoisotopic (exact) mass is 361 g/mol. The van der Waals surface area contributed by atoms with Crippen LogP contribution in [0.5, 0.6) is 0 Å². The van der Waals surface area contributed by atoms with E-state index in [0.717, 1.165) is 30.1 Å². The van der Waals surface area contributed by atoms with Crippen molar-refractivity contribution >= 4 is 34.3 Å². The first-order chi connectivity index (χ1) is 11.8. The number of hydrogen-bond donors (Lipinski definition) is 0. The minimum atomic E-state index is 0.0156. The quantitative estimate of drug-likeness (QED) is 0.841. The fraction of sp³-hybridized carbons (Fsp3) is 0.412. The average molecular weight is 361 g/mol. The Morgan fingerprint density at radius 3 is 2.88 bits per heavy atom. The first-order valence-corrected chi connectivity index (χ1v) is 9.89. The first-order valence-electron chi connectivity index (χ1n) is 8.07. The van der Waals surface area contributed by atoms with Gasteiger partial charge in [0.2, 0.25) is 0 Å². The molecule has 2 aromatic rings. The summed E-state index contributed by atoms with van der Waals surface area (Å²) in [5.41, 5.74) is 2.18. The highest BCUT2D eigenvalue weighted by atomic mass is 32.1. The van der Waals surface area contributed by atoms with Gasteiger partial charge < -0.3 is 4.74 Å². The van der Waals surface area contributed by atoms with Crippen LogP contribution in [0.25, 0.3) is 0 Å². The van der Waals surface area contributed by atoms with Crippen molar-refractivity contribution in [2.45, 2.75) is 12.5 Å². The molecule has 7 heteroatoms. The summed E-state index contributed by atoms with van der Waals surface area (Å²) in [5.74, 6) is 0.0691. The molecule has 5 nitrogen and oxygen atoms in total. The van der Waals surface area contributed by atoms with Crippen LogP contribution in [0, 0.1) is 0 Å². The second-order valence-corrected chi connectivity index (χ2v) is 7.66. The maximum Gasteiger partial charge on any atom is 0.257 e. The Morgan fingerprint density at radius 1 is 1.29 bits per heavy atom. The largest absolute Gasteiger partial charge is 0.379 e. The van der Waals surface area contributed by atoms with Crippen LogP contribution in [0.15, 0.2) is 39.4 Å². The highest BCUT2D eigenvalue weighted by molar-refractivity contribution is 7.12. The fourth-order valence-corrected chi connectivity index (χ4v) is 4.51. The molecule has 0 radical (unpaired) electrons. The Hall–Kier alpha value is -1.54. The number of hydrazone groups is 1. The average Bonchev–Trinajstić information content (AvgIpc) is 3.35. The van der Waals surface area contributed by atoms with Crippen LogP contribution in [0.4, 0.5) is 0 Å². The molecule has 1 amide bonds. The number of ether oxygens (including phenoxy) is 1. The van der Waals surface area contributed by atoms with Gasteiger partial charge >= 0.3 is 0 Å². The Balaban J connectivity index is 1.55. The third-order valence-electron chi connectivity index (χ3n) is 4.36. The molecule has 24 heavy (non-hydrogen) atoms. The lowest BCUT2D eigenvalue weighted by molar-refractivity contribution is -0.135. The van der Waals surface area contributed by atoms with Crippen molar-refractivity contribution in [1.29, 1.82) is 0 Å². The molecule has 4 heterocycles. The lowest BCUT2D eigenvalue weighted by Gasteiger charge is -2.28. The summed E-state index contributed by atoms with van der Waals surface area (Å²) in [6.07, 6.45) is 0.784. The zero-order chi connectivity index (χ0) is 16.4. The third kappa shape index (κ3) is 3.30.